The van der Waals surface area contributed by atoms with E-state index in [1.807, 2.05) is 26.8 Å². The van der Waals surface area contributed by atoms with Gasteiger partial charge in [-0.05, 0) is 32.9 Å². The number of phenols is 1. The lowest BCUT2D eigenvalue weighted by atomic mass is 10.2. The summed E-state index contributed by atoms with van der Waals surface area (Å²) in [5.74, 6) is 1.67. The molecule has 0 radical (unpaired) electrons. The molecule has 0 fully saturated rings. The molecule has 0 aliphatic carbocycles. The molecule has 2 rings (SSSR count). The smallest absolute Gasteiger partial charge is 0.140 e. The molecule has 0 saturated heterocycles. The highest BCUT2D eigenvalue weighted by molar-refractivity contribution is 5.42. The Morgan fingerprint density at radius 3 is 2.71 bits per heavy atom. The molecule has 0 aliphatic rings. The number of phenolic OH excluding ortho intramolecular Hbond substituents is 1. The van der Waals surface area contributed by atoms with Crippen LogP contribution in [-0.2, 0) is 6.61 Å². The van der Waals surface area contributed by atoms with Crippen molar-refractivity contribution in [1.29, 1.82) is 0 Å². The standard InChI is InChI=1S/C13H15NO3/c1-8-12(15)5-4-6-13(8)16-7-11-9(2)14-17-10(11)3/h4-6,15H,7H2,1-3H3. The molecule has 0 unspecified atom stereocenters. The summed E-state index contributed by atoms with van der Waals surface area (Å²) in [6, 6.07) is 5.22. The molecule has 0 atom stereocenters. The maximum atomic E-state index is 9.56. The van der Waals surface area contributed by atoms with Gasteiger partial charge in [0.2, 0.25) is 0 Å². The Morgan fingerprint density at radius 1 is 1.29 bits per heavy atom. The zero-order valence-electron chi connectivity index (χ0n) is 10.2. The van der Waals surface area contributed by atoms with Gasteiger partial charge in [-0.3, -0.25) is 0 Å². The lowest BCUT2D eigenvalue weighted by Crippen LogP contribution is -1.99. The third-order valence-electron chi connectivity index (χ3n) is 2.81. The average molecular weight is 233 g/mol. The molecule has 1 aromatic carbocycles. The van der Waals surface area contributed by atoms with Crippen molar-refractivity contribution in [1.82, 2.24) is 5.16 Å². The minimum Gasteiger partial charge on any atom is -0.508 e. The highest BCUT2D eigenvalue weighted by atomic mass is 16.5. The summed E-state index contributed by atoms with van der Waals surface area (Å²) in [4.78, 5) is 0. The summed E-state index contributed by atoms with van der Waals surface area (Å²) in [7, 11) is 0. The highest BCUT2D eigenvalue weighted by Crippen LogP contribution is 2.27. The van der Waals surface area contributed by atoms with E-state index in [-0.39, 0.29) is 5.75 Å². The minimum absolute atomic E-state index is 0.237. The molecule has 4 nitrogen and oxygen atoms in total. The van der Waals surface area contributed by atoms with Crippen LogP contribution in [0.25, 0.3) is 0 Å². The fraction of sp³-hybridized carbons (Fsp3) is 0.308. The molecule has 0 amide bonds. The first kappa shape index (κ1) is 11.5. The van der Waals surface area contributed by atoms with Gasteiger partial charge < -0.3 is 14.4 Å². The maximum absolute atomic E-state index is 9.56. The molecule has 1 aromatic heterocycles. The third-order valence-corrected chi connectivity index (χ3v) is 2.81. The van der Waals surface area contributed by atoms with Crippen LogP contribution in [0.15, 0.2) is 22.7 Å². The first-order valence-electron chi connectivity index (χ1n) is 5.42. The van der Waals surface area contributed by atoms with Gasteiger partial charge in [-0.15, -0.1) is 0 Å². The van der Waals surface area contributed by atoms with Gasteiger partial charge in [-0.25, -0.2) is 0 Å². The van der Waals surface area contributed by atoms with Crippen LogP contribution in [0.2, 0.25) is 0 Å². The Balaban J connectivity index is 2.15. The van der Waals surface area contributed by atoms with Gasteiger partial charge in [0.25, 0.3) is 0 Å². The fourth-order valence-corrected chi connectivity index (χ4v) is 1.62. The topological polar surface area (TPSA) is 55.5 Å². The zero-order chi connectivity index (χ0) is 12.4. The molecule has 90 valence electrons. The molecular formula is C13H15NO3. The number of ether oxygens (including phenoxy) is 1. The molecule has 0 spiro atoms. The molecule has 4 heteroatoms. The van der Waals surface area contributed by atoms with Gasteiger partial charge in [0.15, 0.2) is 0 Å². The van der Waals surface area contributed by atoms with Crippen LogP contribution in [0.1, 0.15) is 22.6 Å². The van der Waals surface area contributed by atoms with E-state index in [2.05, 4.69) is 5.16 Å². The second-order valence-electron chi connectivity index (χ2n) is 3.99. The average Bonchev–Trinajstić information content (AvgIpc) is 2.62. The van der Waals surface area contributed by atoms with Gasteiger partial charge in [0.1, 0.15) is 23.9 Å². The second-order valence-corrected chi connectivity index (χ2v) is 3.99. The summed E-state index contributed by atoms with van der Waals surface area (Å²) < 4.78 is 10.7. The zero-order valence-corrected chi connectivity index (χ0v) is 10.2. The van der Waals surface area contributed by atoms with E-state index in [1.54, 1.807) is 12.1 Å². The normalized spacial score (nSPS) is 10.5. The van der Waals surface area contributed by atoms with Crippen LogP contribution in [0.4, 0.5) is 0 Å². The van der Waals surface area contributed by atoms with Crippen LogP contribution < -0.4 is 4.74 Å². The largest absolute Gasteiger partial charge is 0.508 e. The van der Waals surface area contributed by atoms with E-state index < -0.39 is 0 Å². The van der Waals surface area contributed by atoms with Gasteiger partial charge >= 0.3 is 0 Å². The van der Waals surface area contributed by atoms with E-state index in [1.165, 1.54) is 0 Å². The van der Waals surface area contributed by atoms with Gasteiger partial charge in [0.05, 0.1) is 11.3 Å². The van der Waals surface area contributed by atoms with Crippen molar-refractivity contribution in [2.45, 2.75) is 27.4 Å². The number of rotatable bonds is 3. The number of benzene rings is 1. The predicted molar refractivity (Wildman–Crippen MR) is 63.2 cm³/mol. The minimum atomic E-state index is 0.237. The van der Waals surface area contributed by atoms with Crippen molar-refractivity contribution in [2.24, 2.45) is 0 Å². The third kappa shape index (κ3) is 2.25. The van der Waals surface area contributed by atoms with Crippen molar-refractivity contribution in [2.75, 3.05) is 0 Å². The second kappa shape index (κ2) is 4.49. The Bertz CT molecular complexity index is 512. The quantitative estimate of drug-likeness (QED) is 0.885. The van der Waals surface area contributed by atoms with Crippen LogP contribution in [-0.4, -0.2) is 10.3 Å². The predicted octanol–water partition coefficient (Wildman–Crippen LogP) is 2.88. The maximum Gasteiger partial charge on any atom is 0.140 e. The van der Waals surface area contributed by atoms with Crippen molar-refractivity contribution < 1.29 is 14.4 Å². The molecular weight excluding hydrogens is 218 g/mol. The number of aromatic nitrogens is 1. The van der Waals surface area contributed by atoms with Crippen molar-refractivity contribution in [3.8, 4) is 11.5 Å². The summed E-state index contributed by atoms with van der Waals surface area (Å²) in [5.41, 5.74) is 2.52. The lowest BCUT2D eigenvalue weighted by molar-refractivity contribution is 0.297. The van der Waals surface area contributed by atoms with E-state index in [0.717, 1.165) is 22.6 Å². The summed E-state index contributed by atoms with van der Waals surface area (Å²) in [6.07, 6.45) is 0. The fourth-order valence-electron chi connectivity index (χ4n) is 1.62. The van der Waals surface area contributed by atoms with Gasteiger partial charge in [-0.2, -0.15) is 0 Å². The van der Waals surface area contributed by atoms with Crippen LogP contribution in [0, 0.1) is 20.8 Å². The highest BCUT2D eigenvalue weighted by Gasteiger charge is 2.11. The molecule has 0 bridgehead atoms. The van der Waals surface area contributed by atoms with E-state index in [9.17, 15) is 5.11 Å². The monoisotopic (exact) mass is 233 g/mol. The van der Waals surface area contributed by atoms with Crippen LogP contribution in [0.5, 0.6) is 11.5 Å². The molecule has 0 aliphatic heterocycles. The van der Waals surface area contributed by atoms with Crippen molar-refractivity contribution >= 4 is 0 Å². The summed E-state index contributed by atoms with van der Waals surface area (Å²) >= 11 is 0. The van der Waals surface area contributed by atoms with Gasteiger partial charge in [-0.1, -0.05) is 11.2 Å². The number of hydrogen-bond donors (Lipinski definition) is 1. The molecule has 1 heterocycles. The SMILES string of the molecule is Cc1noc(C)c1COc1cccc(O)c1C. The number of aromatic hydroxyl groups is 1. The van der Waals surface area contributed by atoms with E-state index >= 15 is 0 Å². The lowest BCUT2D eigenvalue weighted by Gasteiger charge is -2.09. The van der Waals surface area contributed by atoms with Crippen molar-refractivity contribution in [3.05, 3.63) is 40.8 Å². The molecule has 2 aromatic rings. The van der Waals surface area contributed by atoms with Crippen LogP contribution in [0.3, 0.4) is 0 Å². The molecule has 1 N–H and O–H groups in total. The number of hydrogen-bond acceptors (Lipinski definition) is 4. The first-order chi connectivity index (χ1) is 8.09. The van der Waals surface area contributed by atoms with Crippen LogP contribution >= 0.6 is 0 Å². The Hall–Kier alpha value is -1.97. The summed E-state index contributed by atoms with van der Waals surface area (Å²) in [5, 5.41) is 13.4. The van der Waals surface area contributed by atoms with E-state index in [4.69, 9.17) is 9.26 Å². The van der Waals surface area contributed by atoms with Gasteiger partial charge in [0, 0.05) is 5.56 Å². The Labute approximate surface area is 99.8 Å². The Morgan fingerprint density at radius 2 is 2.06 bits per heavy atom. The molecule has 0 saturated carbocycles. The molecule has 17 heavy (non-hydrogen) atoms. The number of nitrogens with zero attached hydrogens (tertiary/aromatic N) is 1. The van der Waals surface area contributed by atoms with E-state index in [0.29, 0.717) is 12.4 Å². The number of aryl methyl sites for hydroxylation is 2. The Kier molecular flexibility index (Phi) is 3.04. The van der Waals surface area contributed by atoms with Crippen molar-refractivity contribution in [3.63, 3.8) is 0 Å². The first-order valence-corrected chi connectivity index (χ1v) is 5.42. The summed E-state index contributed by atoms with van der Waals surface area (Å²) in [6.45, 7) is 5.95.